The first-order valence-corrected chi connectivity index (χ1v) is 17.3. The van der Waals surface area contributed by atoms with Gasteiger partial charge in [0.05, 0.1) is 11.6 Å². The maximum absolute atomic E-state index is 14.0. The molecule has 0 aromatic heterocycles. The number of hydrogen-bond acceptors (Lipinski definition) is 6. The second kappa shape index (κ2) is 12.9. The van der Waals surface area contributed by atoms with Crippen LogP contribution in [0.1, 0.15) is 55.2 Å². The third-order valence-electron chi connectivity index (χ3n) is 11.0. The molecule has 3 saturated heterocycles. The Bertz CT molecular complexity index is 1690. The predicted molar refractivity (Wildman–Crippen MR) is 180 cm³/mol. The molecule has 1 amide bonds. The van der Waals surface area contributed by atoms with Gasteiger partial charge >= 0.3 is 0 Å². The fourth-order valence-corrected chi connectivity index (χ4v) is 9.09. The van der Waals surface area contributed by atoms with E-state index in [9.17, 15) is 14.4 Å². The summed E-state index contributed by atoms with van der Waals surface area (Å²) in [6.07, 6.45) is 13.0. The van der Waals surface area contributed by atoms with Crippen molar-refractivity contribution in [2.45, 2.75) is 69.0 Å². The van der Waals surface area contributed by atoms with Crippen LogP contribution in [0.25, 0.3) is 10.4 Å². The molecule has 47 heavy (non-hydrogen) atoms. The smallest absolute Gasteiger partial charge is 0.282 e. The molecule has 3 atom stereocenters. The summed E-state index contributed by atoms with van der Waals surface area (Å²) in [4.78, 5) is 27.3. The first kappa shape index (κ1) is 31.7. The third kappa shape index (κ3) is 5.68. The quantitative estimate of drug-likeness (QED) is 0.286. The number of aliphatic imine (C=N–C) groups is 1. The van der Waals surface area contributed by atoms with Gasteiger partial charge in [-0.2, -0.15) is 5.26 Å². The average Bonchev–Trinajstić information content (AvgIpc) is 3.67. The number of carbonyl (C=O) groups is 1. The molecule has 4 aliphatic heterocycles. The van der Waals surface area contributed by atoms with Crippen LogP contribution in [0.2, 0.25) is 0 Å². The lowest BCUT2D eigenvalue weighted by Crippen LogP contribution is -2.57. The fourth-order valence-electron chi connectivity index (χ4n) is 8.79. The summed E-state index contributed by atoms with van der Waals surface area (Å²) >= 11 is 7.14. The molecule has 1 aromatic carbocycles. The van der Waals surface area contributed by atoms with Crippen LogP contribution in [0.5, 0.6) is 0 Å². The molecule has 3 fully saturated rings. The lowest BCUT2D eigenvalue weighted by molar-refractivity contribution is -0.132. The van der Waals surface area contributed by atoms with Crippen LogP contribution in [0, 0.1) is 23.8 Å². The van der Waals surface area contributed by atoms with Gasteiger partial charge in [-0.25, -0.2) is 16.0 Å². The van der Waals surface area contributed by atoms with Crippen LogP contribution in [0.3, 0.4) is 0 Å². The molecular formula is C37H40ClFN6O2. The molecule has 2 aliphatic carbocycles. The van der Waals surface area contributed by atoms with Gasteiger partial charge in [-0.05, 0) is 92.8 Å². The Kier molecular flexibility index (Phi) is 8.72. The highest BCUT2D eigenvalue weighted by atomic mass is 35.5. The molecule has 4 heterocycles. The van der Waals surface area contributed by atoms with Crippen molar-refractivity contribution in [1.82, 2.24) is 14.7 Å². The van der Waals surface area contributed by atoms with Gasteiger partial charge in [-0.15, -0.1) is 0 Å². The molecule has 1 aromatic rings. The number of amides is 1. The summed E-state index contributed by atoms with van der Waals surface area (Å²) in [5.74, 6) is -1.84. The minimum Gasteiger partial charge on any atom is -0.475 e. The average molecular weight is 655 g/mol. The Labute approximate surface area is 281 Å². The molecular weight excluding hydrogens is 615 g/mol. The summed E-state index contributed by atoms with van der Waals surface area (Å²) in [6.45, 7) is 14.2. The Morgan fingerprint density at radius 1 is 1.17 bits per heavy atom. The lowest BCUT2D eigenvalue weighted by Gasteiger charge is -2.45. The highest BCUT2D eigenvalue weighted by Gasteiger charge is 2.47. The van der Waals surface area contributed by atoms with Crippen molar-refractivity contribution in [3.05, 3.63) is 87.2 Å². The highest BCUT2D eigenvalue weighted by Crippen LogP contribution is 2.44. The molecule has 2 unspecified atom stereocenters. The number of carbonyl (C=O) groups excluding carboxylic acids is 1. The Hall–Kier alpha value is -3.92. The Morgan fingerprint density at radius 3 is 2.70 bits per heavy atom. The van der Waals surface area contributed by atoms with Gasteiger partial charge in [0.1, 0.15) is 24.3 Å². The summed E-state index contributed by atoms with van der Waals surface area (Å²) < 4.78 is 20.6. The zero-order valence-electron chi connectivity index (χ0n) is 26.7. The molecule has 0 saturated carbocycles. The number of aryl methyl sites for hydroxylation is 1. The van der Waals surface area contributed by atoms with Crippen molar-refractivity contribution < 1.29 is 13.9 Å². The molecule has 7 rings (SSSR count). The predicted octanol–water partition coefficient (Wildman–Crippen LogP) is 5.82. The molecule has 0 N–H and O–H groups in total. The number of ether oxygens (including phenoxy) is 1. The Balaban J connectivity index is 1.28. The monoisotopic (exact) mass is 654 g/mol. The van der Waals surface area contributed by atoms with E-state index in [0.29, 0.717) is 29.7 Å². The summed E-state index contributed by atoms with van der Waals surface area (Å²) in [7, 11) is 0. The maximum atomic E-state index is 14.0. The molecule has 8 nitrogen and oxygen atoms in total. The SMILES string of the molecule is [C-]#[N+]C[C@H]1CN(C2=C(C#N)C(OCC34CCCN3CCC4)=NC3C=C(c4cccc5c4CCCC5)C(Cl)=CC23)CCN1C(=O)C(=C)F. The number of hydrogen-bond donors (Lipinski definition) is 0. The van der Waals surface area contributed by atoms with Gasteiger partial charge in [0.2, 0.25) is 12.4 Å². The Morgan fingerprint density at radius 2 is 1.96 bits per heavy atom. The number of benzene rings is 1. The van der Waals surface area contributed by atoms with Gasteiger partial charge in [0.25, 0.3) is 5.91 Å². The normalized spacial score (nSPS) is 26.6. The van der Waals surface area contributed by atoms with Gasteiger partial charge < -0.3 is 19.4 Å². The number of nitriles is 1. The van der Waals surface area contributed by atoms with Gasteiger partial charge in [-0.3, -0.25) is 9.69 Å². The van der Waals surface area contributed by atoms with E-state index in [1.807, 2.05) is 6.08 Å². The van der Waals surface area contributed by atoms with Crippen LogP contribution in [0.4, 0.5) is 4.39 Å². The van der Waals surface area contributed by atoms with E-state index in [1.165, 1.54) is 22.4 Å². The lowest BCUT2D eigenvalue weighted by atomic mass is 9.80. The first-order chi connectivity index (χ1) is 22.8. The standard InChI is InChI=1S/C37H40ClFN6O2/c1-24(39)36(46)45-17-16-43(22-26(45)21-41-2)34-30-18-32(38)29(28-11-5-9-25-8-3-4-10-27(25)28)19-33(30)42-35(31(34)20-40)47-23-37-12-6-14-44(37)15-7-13-37/h5,9,11,18-19,26,30,33H,1,3-4,6-8,10,12-17,21-23H2/t26-,30?,33?/m0/s1. The van der Waals surface area contributed by atoms with Crippen LogP contribution in [-0.2, 0) is 22.4 Å². The number of halogens is 2. The number of rotatable bonds is 6. The van der Waals surface area contributed by atoms with E-state index < -0.39 is 17.8 Å². The molecule has 0 bridgehead atoms. The van der Waals surface area contributed by atoms with Crippen LogP contribution in [-0.4, -0.2) is 90.0 Å². The van der Waals surface area contributed by atoms with E-state index in [2.05, 4.69) is 51.6 Å². The second-order valence-electron chi connectivity index (χ2n) is 13.6. The zero-order chi connectivity index (χ0) is 32.7. The molecule has 10 heteroatoms. The largest absolute Gasteiger partial charge is 0.475 e. The number of fused-ring (bicyclic) bond motifs is 3. The zero-order valence-corrected chi connectivity index (χ0v) is 27.4. The van der Waals surface area contributed by atoms with Crippen LogP contribution >= 0.6 is 11.6 Å². The molecule has 0 spiro atoms. The van der Waals surface area contributed by atoms with E-state index in [4.69, 9.17) is 27.9 Å². The summed E-state index contributed by atoms with van der Waals surface area (Å²) in [5.41, 5.74) is 5.87. The van der Waals surface area contributed by atoms with Crippen molar-refractivity contribution in [3.8, 4) is 6.07 Å². The van der Waals surface area contributed by atoms with Gasteiger partial charge in [-0.1, -0.05) is 42.5 Å². The van der Waals surface area contributed by atoms with E-state index in [0.717, 1.165) is 74.9 Å². The van der Waals surface area contributed by atoms with E-state index in [-0.39, 0.29) is 37.1 Å². The van der Waals surface area contributed by atoms with Crippen LogP contribution < -0.4 is 0 Å². The number of nitrogens with zero attached hydrogens (tertiary/aromatic N) is 6. The van der Waals surface area contributed by atoms with E-state index >= 15 is 0 Å². The minimum absolute atomic E-state index is 0.00828. The van der Waals surface area contributed by atoms with Crippen molar-refractivity contribution in [3.63, 3.8) is 0 Å². The topological polar surface area (TPSA) is 76.5 Å². The number of allylic oxidation sites excluding steroid dienone is 2. The van der Waals surface area contributed by atoms with Crippen molar-refractivity contribution in [1.29, 1.82) is 5.26 Å². The van der Waals surface area contributed by atoms with E-state index in [1.54, 1.807) is 0 Å². The second-order valence-corrected chi connectivity index (χ2v) is 14.0. The summed E-state index contributed by atoms with van der Waals surface area (Å²) in [5, 5.41) is 11.3. The van der Waals surface area contributed by atoms with Gasteiger partial charge in [0, 0.05) is 36.3 Å². The number of dihydropyridines is 1. The van der Waals surface area contributed by atoms with Gasteiger partial charge in [0.15, 0.2) is 5.83 Å². The van der Waals surface area contributed by atoms with Crippen molar-refractivity contribution >= 4 is 29.0 Å². The first-order valence-electron chi connectivity index (χ1n) is 16.9. The number of piperazine rings is 1. The molecule has 244 valence electrons. The molecule has 0 radical (unpaired) electrons. The maximum Gasteiger partial charge on any atom is 0.282 e. The fraction of sp³-hybridized carbons (Fsp3) is 0.514. The summed E-state index contributed by atoms with van der Waals surface area (Å²) in [6, 6.07) is 7.96. The van der Waals surface area contributed by atoms with Crippen molar-refractivity contribution in [2.24, 2.45) is 10.9 Å². The molecule has 6 aliphatic rings. The van der Waals surface area contributed by atoms with Crippen LogP contribution in [0.15, 0.2) is 64.1 Å². The minimum atomic E-state index is -1.04. The highest BCUT2D eigenvalue weighted by molar-refractivity contribution is 6.37. The third-order valence-corrected chi connectivity index (χ3v) is 11.4. The van der Waals surface area contributed by atoms with Crippen molar-refractivity contribution in [2.75, 3.05) is 45.9 Å².